The summed E-state index contributed by atoms with van der Waals surface area (Å²) in [6.07, 6.45) is 0. The van der Waals surface area contributed by atoms with E-state index in [0.29, 0.717) is 11.3 Å². The van der Waals surface area contributed by atoms with Crippen LogP contribution in [0.15, 0.2) is 34.9 Å². The van der Waals surface area contributed by atoms with Crippen LogP contribution in [-0.2, 0) is 9.59 Å². The molecule has 0 atom stereocenters. The van der Waals surface area contributed by atoms with E-state index in [1.54, 1.807) is 29.2 Å². The highest BCUT2D eigenvalue weighted by Gasteiger charge is 2.28. The SMILES string of the molecule is CN1C(=O)CN(c2ccc(-c3cc(C(=O)O)no3)cc2)CC1=O. The van der Waals surface area contributed by atoms with E-state index in [9.17, 15) is 14.4 Å². The lowest BCUT2D eigenvalue weighted by molar-refractivity contribution is -0.143. The summed E-state index contributed by atoms with van der Waals surface area (Å²) in [6, 6.07) is 8.25. The Kier molecular flexibility index (Phi) is 3.57. The van der Waals surface area contributed by atoms with Gasteiger partial charge in [0, 0.05) is 24.4 Å². The fraction of sp³-hybridized carbons (Fsp3) is 0.200. The zero-order chi connectivity index (χ0) is 16.6. The van der Waals surface area contributed by atoms with E-state index in [2.05, 4.69) is 5.16 Å². The number of imide groups is 1. The minimum absolute atomic E-state index is 0.132. The number of benzene rings is 1. The maximum absolute atomic E-state index is 11.7. The third-order valence-corrected chi connectivity index (χ3v) is 3.65. The van der Waals surface area contributed by atoms with Gasteiger partial charge in [-0.3, -0.25) is 14.5 Å². The maximum Gasteiger partial charge on any atom is 0.358 e. The molecule has 1 aromatic heterocycles. The summed E-state index contributed by atoms with van der Waals surface area (Å²) in [5.74, 6) is -1.34. The van der Waals surface area contributed by atoms with Crippen molar-refractivity contribution in [3.8, 4) is 11.3 Å². The van der Waals surface area contributed by atoms with Crippen molar-refractivity contribution >= 4 is 23.5 Å². The van der Waals surface area contributed by atoms with E-state index in [4.69, 9.17) is 9.63 Å². The molecule has 8 heteroatoms. The van der Waals surface area contributed by atoms with Gasteiger partial charge in [-0.2, -0.15) is 0 Å². The van der Waals surface area contributed by atoms with Crippen LogP contribution in [0.4, 0.5) is 5.69 Å². The second kappa shape index (κ2) is 5.56. The molecular formula is C15H13N3O5. The van der Waals surface area contributed by atoms with Gasteiger partial charge in [0.2, 0.25) is 11.8 Å². The van der Waals surface area contributed by atoms with Crippen LogP contribution in [0.1, 0.15) is 10.5 Å². The minimum Gasteiger partial charge on any atom is -0.476 e. The van der Waals surface area contributed by atoms with Gasteiger partial charge >= 0.3 is 5.97 Å². The predicted octanol–water partition coefficient (Wildman–Crippen LogP) is 0.845. The van der Waals surface area contributed by atoms with Crippen molar-refractivity contribution in [1.82, 2.24) is 10.1 Å². The molecule has 2 heterocycles. The van der Waals surface area contributed by atoms with Crippen LogP contribution in [0, 0.1) is 0 Å². The third-order valence-electron chi connectivity index (χ3n) is 3.65. The van der Waals surface area contributed by atoms with Gasteiger partial charge in [-0.25, -0.2) is 4.79 Å². The summed E-state index contributed by atoms with van der Waals surface area (Å²) < 4.78 is 4.99. The van der Waals surface area contributed by atoms with Crippen molar-refractivity contribution in [3.05, 3.63) is 36.0 Å². The van der Waals surface area contributed by atoms with Gasteiger partial charge in [-0.1, -0.05) is 5.16 Å². The van der Waals surface area contributed by atoms with Gasteiger partial charge < -0.3 is 14.5 Å². The molecule has 1 aliphatic rings. The van der Waals surface area contributed by atoms with E-state index >= 15 is 0 Å². The Morgan fingerprint density at radius 1 is 1.17 bits per heavy atom. The predicted molar refractivity (Wildman–Crippen MR) is 78.9 cm³/mol. The molecule has 1 fully saturated rings. The Hall–Kier alpha value is -3.16. The molecule has 118 valence electrons. The van der Waals surface area contributed by atoms with Crippen LogP contribution < -0.4 is 4.90 Å². The van der Waals surface area contributed by atoms with Gasteiger partial charge in [0.05, 0.1) is 13.1 Å². The van der Waals surface area contributed by atoms with Gasteiger partial charge in [-0.15, -0.1) is 0 Å². The number of carboxylic acids is 1. The average molecular weight is 315 g/mol. The van der Waals surface area contributed by atoms with E-state index in [1.165, 1.54) is 13.1 Å². The van der Waals surface area contributed by atoms with E-state index in [1.807, 2.05) is 0 Å². The number of nitrogens with zero attached hydrogens (tertiary/aromatic N) is 3. The summed E-state index contributed by atoms with van der Waals surface area (Å²) in [5, 5.41) is 12.3. The molecule has 1 aliphatic heterocycles. The molecular weight excluding hydrogens is 302 g/mol. The fourth-order valence-electron chi connectivity index (χ4n) is 2.26. The number of hydrogen-bond acceptors (Lipinski definition) is 6. The third kappa shape index (κ3) is 2.78. The van der Waals surface area contributed by atoms with Gasteiger partial charge in [0.25, 0.3) is 0 Å². The van der Waals surface area contributed by atoms with Crippen molar-refractivity contribution in [2.45, 2.75) is 0 Å². The van der Waals surface area contributed by atoms with Crippen LogP contribution in [-0.4, -0.2) is 53.1 Å². The van der Waals surface area contributed by atoms with Gasteiger partial charge in [0.1, 0.15) is 0 Å². The lowest BCUT2D eigenvalue weighted by Gasteiger charge is -2.31. The van der Waals surface area contributed by atoms with Crippen molar-refractivity contribution in [3.63, 3.8) is 0 Å². The maximum atomic E-state index is 11.7. The van der Waals surface area contributed by atoms with E-state index < -0.39 is 5.97 Å². The summed E-state index contributed by atoms with van der Waals surface area (Å²) >= 11 is 0. The highest BCUT2D eigenvalue weighted by atomic mass is 16.5. The Morgan fingerprint density at radius 2 is 1.78 bits per heavy atom. The number of piperazine rings is 1. The number of carbonyl (C=O) groups is 3. The molecule has 8 nitrogen and oxygen atoms in total. The topological polar surface area (TPSA) is 104 Å². The highest BCUT2D eigenvalue weighted by Crippen LogP contribution is 2.24. The van der Waals surface area contributed by atoms with Crippen LogP contribution in [0.25, 0.3) is 11.3 Å². The van der Waals surface area contributed by atoms with Crippen LogP contribution in [0.3, 0.4) is 0 Å². The Balaban J connectivity index is 1.80. The highest BCUT2D eigenvalue weighted by molar-refractivity contribution is 6.02. The van der Waals surface area contributed by atoms with Crippen LogP contribution in [0.5, 0.6) is 0 Å². The Morgan fingerprint density at radius 3 is 2.30 bits per heavy atom. The van der Waals surface area contributed by atoms with Gasteiger partial charge in [-0.05, 0) is 24.3 Å². The summed E-state index contributed by atoms with van der Waals surface area (Å²) in [5.41, 5.74) is 1.21. The number of carboxylic acid groups (broad SMARTS) is 1. The van der Waals surface area contributed by atoms with Crippen LogP contribution in [0.2, 0.25) is 0 Å². The van der Waals surface area contributed by atoms with Crippen LogP contribution >= 0.6 is 0 Å². The van der Waals surface area contributed by atoms with Gasteiger partial charge in [0.15, 0.2) is 11.5 Å². The van der Waals surface area contributed by atoms with Crippen molar-refractivity contribution in [2.75, 3.05) is 25.0 Å². The fourth-order valence-corrected chi connectivity index (χ4v) is 2.26. The standard InChI is InChI=1S/C15H13N3O5/c1-17-13(19)7-18(8-14(17)20)10-4-2-9(3-5-10)12-6-11(15(21)22)16-23-12/h2-6H,7-8H2,1H3,(H,21,22). The molecule has 0 spiro atoms. The Bertz CT molecular complexity index is 763. The molecule has 3 rings (SSSR count). The van der Waals surface area contributed by atoms with E-state index in [0.717, 1.165) is 10.6 Å². The number of likely N-dealkylation sites (N-methyl/N-ethyl adjacent to an activating group) is 1. The summed E-state index contributed by atoms with van der Waals surface area (Å²) in [4.78, 5) is 37.0. The quantitative estimate of drug-likeness (QED) is 0.837. The number of rotatable bonds is 3. The molecule has 0 radical (unpaired) electrons. The monoisotopic (exact) mass is 315 g/mol. The zero-order valence-electron chi connectivity index (χ0n) is 12.2. The Labute approximate surface area is 130 Å². The molecule has 2 amide bonds. The second-order valence-electron chi connectivity index (χ2n) is 5.13. The second-order valence-corrected chi connectivity index (χ2v) is 5.13. The number of aromatic carboxylic acids is 1. The molecule has 0 saturated carbocycles. The molecule has 1 N–H and O–H groups in total. The lowest BCUT2D eigenvalue weighted by atomic mass is 10.1. The first-order valence-corrected chi connectivity index (χ1v) is 6.80. The molecule has 0 bridgehead atoms. The number of hydrogen-bond donors (Lipinski definition) is 1. The smallest absolute Gasteiger partial charge is 0.358 e. The minimum atomic E-state index is -1.16. The lowest BCUT2D eigenvalue weighted by Crippen LogP contribution is -2.52. The first kappa shape index (κ1) is 14.8. The number of aromatic nitrogens is 1. The normalized spacial score (nSPS) is 15.2. The van der Waals surface area contributed by atoms with Crippen molar-refractivity contribution < 1.29 is 24.0 Å². The van der Waals surface area contributed by atoms with Crippen molar-refractivity contribution in [2.24, 2.45) is 0 Å². The molecule has 2 aromatic rings. The number of anilines is 1. The first-order chi connectivity index (χ1) is 11.0. The molecule has 0 aliphatic carbocycles. The first-order valence-electron chi connectivity index (χ1n) is 6.80. The molecule has 1 saturated heterocycles. The largest absolute Gasteiger partial charge is 0.476 e. The number of carbonyl (C=O) groups excluding carboxylic acids is 2. The molecule has 0 unspecified atom stereocenters. The number of amides is 2. The zero-order valence-corrected chi connectivity index (χ0v) is 12.2. The van der Waals surface area contributed by atoms with E-state index in [-0.39, 0.29) is 30.6 Å². The average Bonchev–Trinajstić information content (AvgIpc) is 3.02. The summed E-state index contributed by atoms with van der Waals surface area (Å²) in [6.45, 7) is 0.264. The summed E-state index contributed by atoms with van der Waals surface area (Å²) in [7, 11) is 1.47. The van der Waals surface area contributed by atoms with Crippen molar-refractivity contribution in [1.29, 1.82) is 0 Å². The molecule has 1 aromatic carbocycles. The molecule has 23 heavy (non-hydrogen) atoms.